The van der Waals surface area contributed by atoms with Crippen LogP contribution < -0.4 is 4.90 Å². The molecule has 2 amide bonds. The van der Waals surface area contributed by atoms with E-state index in [-0.39, 0.29) is 18.7 Å². The first-order chi connectivity index (χ1) is 15.4. The first-order valence-electron chi connectivity index (χ1n) is 9.98. The molecule has 162 valence electrons. The van der Waals surface area contributed by atoms with E-state index in [9.17, 15) is 22.8 Å². The smallest absolute Gasteiger partial charge is 0.268 e. The lowest BCUT2D eigenvalue weighted by Crippen LogP contribution is -2.50. The van der Waals surface area contributed by atoms with E-state index in [1.165, 1.54) is 70.1 Å². The van der Waals surface area contributed by atoms with Crippen molar-refractivity contribution < 1.29 is 22.8 Å². The molecule has 1 saturated heterocycles. The molecule has 0 saturated carbocycles. The van der Waals surface area contributed by atoms with Gasteiger partial charge < -0.3 is 9.80 Å². The molecule has 5 rings (SSSR count). The third-order valence-electron chi connectivity index (χ3n) is 5.70. The summed E-state index contributed by atoms with van der Waals surface area (Å²) in [7, 11) is 0. The molecule has 0 N–H and O–H groups in total. The lowest BCUT2D eigenvalue weighted by molar-refractivity contribution is -0.123. The zero-order valence-corrected chi connectivity index (χ0v) is 17.5. The predicted molar refractivity (Wildman–Crippen MR) is 116 cm³/mol. The van der Waals surface area contributed by atoms with Crippen molar-refractivity contribution in [1.82, 2.24) is 4.90 Å². The van der Waals surface area contributed by atoms with Crippen molar-refractivity contribution in [3.05, 3.63) is 101 Å². The molecule has 0 aromatic heterocycles. The van der Waals surface area contributed by atoms with Gasteiger partial charge in [0.1, 0.15) is 17.5 Å². The van der Waals surface area contributed by atoms with E-state index >= 15 is 0 Å². The van der Waals surface area contributed by atoms with Crippen LogP contribution in [0.3, 0.4) is 0 Å². The number of fused-ring (bicyclic) bond motifs is 2. The molecule has 1 atom stereocenters. The van der Waals surface area contributed by atoms with Gasteiger partial charge in [0, 0.05) is 23.4 Å². The summed E-state index contributed by atoms with van der Waals surface area (Å²) in [5, 5.41) is 0. The number of nitrogens with zero attached hydrogens (tertiary/aromatic N) is 2. The molecule has 4 nitrogen and oxygen atoms in total. The van der Waals surface area contributed by atoms with Crippen LogP contribution >= 0.6 is 11.8 Å². The van der Waals surface area contributed by atoms with Gasteiger partial charge in [0.05, 0.1) is 12.2 Å². The number of benzene rings is 3. The molecule has 0 bridgehead atoms. The van der Waals surface area contributed by atoms with Crippen LogP contribution in [-0.2, 0) is 16.2 Å². The lowest BCUT2D eigenvalue weighted by Gasteiger charge is -2.33. The third kappa shape index (κ3) is 3.17. The minimum atomic E-state index is -1.46. The summed E-state index contributed by atoms with van der Waals surface area (Å²) >= 11 is 1.24. The van der Waals surface area contributed by atoms with Crippen molar-refractivity contribution in [2.45, 2.75) is 11.4 Å². The maximum atomic E-state index is 14.3. The molecule has 2 heterocycles. The molecule has 8 heteroatoms. The fourth-order valence-electron chi connectivity index (χ4n) is 4.34. The van der Waals surface area contributed by atoms with E-state index < -0.39 is 34.1 Å². The lowest BCUT2D eigenvalue weighted by atomic mass is 10.0. The van der Waals surface area contributed by atoms with Crippen LogP contribution in [-0.4, -0.2) is 29.0 Å². The Morgan fingerprint density at radius 2 is 1.66 bits per heavy atom. The van der Waals surface area contributed by atoms with Gasteiger partial charge in [-0.1, -0.05) is 18.2 Å². The highest BCUT2D eigenvalue weighted by Gasteiger charge is 2.59. The van der Waals surface area contributed by atoms with Crippen molar-refractivity contribution in [2.75, 3.05) is 17.2 Å². The Balaban J connectivity index is 1.60. The zero-order chi connectivity index (χ0) is 22.5. The average Bonchev–Trinajstić information content (AvgIpc) is 3.30. The molecule has 1 fully saturated rings. The highest BCUT2D eigenvalue weighted by Crippen LogP contribution is 2.54. The summed E-state index contributed by atoms with van der Waals surface area (Å²) in [6.45, 7) is 0.315. The summed E-state index contributed by atoms with van der Waals surface area (Å²) in [6, 6.07) is 15.2. The number of halogens is 3. The average molecular weight is 454 g/mol. The molecular weight excluding hydrogens is 437 g/mol. The van der Waals surface area contributed by atoms with E-state index in [2.05, 4.69) is 0 Å². The van der Waals surface area contributed by atoms with E-state index in [1.807, 2.05) is 0 Å². The molecular formula is C24H17F3N2O2S. The number of rotatable bonds is 3. The van der Waals surface area contributed by atoms with Gasteiger partial charge in [0.2, 0.25) is 0 Å². The molecule has 2 aliphatic heterocycles. The van der Waals surface area contributed by atoms with Crippen molar-refractivity contribution in [1.29, 1.82) is 0 Å². The number of anilines is 1. The fourth-order valence-corrected chi connectivity index (χ4v) is 5.79. The number of carbonyl (C=O) groups is 2. The maximum Gasteiger partial charge on any atom is 0.268 e. The summed E-state index contributed by atoms with van der Waals surface area (Å²) in [5.74, 6) is -1.99. The summed E-state index contributed by atoms with van der Waals surface area (Å²) < 4.78 is 41.8. The zero-order valence-electron chi connectivity index (χ0n) is 16.7. The van der Waals surface area contributed by atoms with E-state index in [4.69, 9.17) is 0 Å². The molecule has 2 aliphatic rings. The molecule has 0 radical (unpaired) electrons. The highest BCUT2D eigenvalue weighted by molar-refractivity contribution is 8.01. The number of thioether (sulfide) groups is 1. The van der Waals surface area contributed by atoms with E-state index in [1.54, 1.807) is 12.1 Å². The van der Waals surface area contributed by atoms with Gasteiger partial charge in [-0.25, -0.2) is 13.2 Å². The largest absolute Gasteiger partial charge is 0.311 e. The third-order valence-corrected chi connectivity index (χ3v) is 7.12. The van der Waals surface area contributed by atoms with Gasteiger partial charge in [-0.05, 0) is 54.1 Å². The van der Waals surface area contributed by atoms with Crippen LogP contribution in [0.5, 0.6) is 0 Å². The SMILES string of the molecule is O=C(c1cccc(F)c1)N1CCS[C@]12C(=O)N(Cc1cccc(F)c1)c1ccc(F)cc12. The van der Waals surface area contributed by atoms with Crippen LogP contribution in [0.4, 0.5) is 18.9 Å². The van der Waals surface area contributed by atoms with Crippen LogP contribution in [0.2, 0.25) is 0 Å². The molecule has 1 spiro atoms. The van der Waals surface area contributed by atoms with Crippen LogP contribution in [0.1, 0.15) is 21.5 Å². The topological polar surface area (TPSA) is 40.6 Å². The normalized spacial score (nSPS) is 19.7. The van der Waals surface area contributed by atoms with Gasteiger partial charge in [-0.2, -0.15) is 0 Å². The number of hydrogen-bond donors (Lipinski definition) is 0. The Kier molecular flexibility index (Phi) is 4.97. The summed E-state index contributed by atoms with van der Waals surface area (Å²) in [4.78, 5) is 28.5. The van der Waals surface area contributed by atoms with Gasteiger partial charge in [0.15, 0.2) is 4.87 Å². The van der Waals surface area contributed by atoms with Crippen LogP contribution in [0, 0.1) is 17.5 Å². The van der Waals surface area contributed by atoms with Gasteiger partial charge in [0.25, 0.3) is 11.8 Å². The van der Waals surface area contributed by atoms with E-state index in [0.29, 0.717) is 22.6 Å². The summed E-state index contributed by atoms with van der Waals surface area (Å²) in [5.41, 5.74) is 1.51. The Labute approximate surface area is 186 Å². The van der Waals surface area contributed by atoms with Gasteiger partial charge in [-0.3, -0.25) is 9.59 Å². The van der Waals surface area contributed by atoms with Crippen molar-refractivity contribution in [2.24, 2.45) is 0 Å². The minimum Gasteiger partial charge on any atom is -0.311 e. The minimum absolute atomic E-state index is 0.0690. The first kappa shape index (κ1) is 20.6. The van der Waals surface area contributed by atoms with Crippen molar-refractivity contribution >= 4 is 29.3 Å². The summed E-state index contributed by atoms with van der Waals surface area (Å²) in [6.07, 6.45) is 0. The highest BCUT2D eigenvalue weighted by atomic mass is 32.2. The fraction of sp³-hybridized carbons (Fsp3) is 0.167. The second-order valence-corrected chi connectivity index (χ2v) is 8.93. The van der Waals surface area contributed by atoms with Gasteiger partial charge in [-0.15, -0.1) is 11.8 Å². The Hall–Kier alpha value is -3.26. The molecule has 0 aliphatic carbocycles. The first-order valence-corrected chi connectivity index (χ1v) is 11.0. The number of carbonyl (C=O) groups excluding carboxylic acids is 2. The Bertz CT molecular complexity index is 1250. The monoisotopic (exact) mass is 454 g/mol. The standard InChI is InChI=1S/C24H17F3N2O2S/c25-17-5-1-3-15(11-17)14-28-21-8-7-19(27)13-20(21)24(23(28)31)29(9-10-32-24)22(30)16-4-2-6-18(26)12-16/h1-8,11-13H,9-10,14H2/t24-/m1/s1. The van der Waals surface area contributed by atoms with Crippen molar-refractivity contribution in [3.8, 4) is 0 Å². The molecule has 3 aromatic rings. The molecule has 32 heavy (non-hydrogen) atoms. The maximum absolute atomic E-state index is 14.3. The Morgan fingerprint density at radius 1 is 0.938 bits per heavy atom. The second-order valence-electron chi connectivity index (χ2n) is 7.64. The van der Waals surface area contributed by atoms with Gasteiger partial charge >= 0.3 is 0 Å². The van der Waals surface area contributed by atoms with Crippen molar-refractivity contribution in [3.63, 3.8) is 0 Å². The molecule has 3 aromatic carbocycles. The van der Waals surface area contributed by atoms with Crippen LogP contribution in [0.15, 0.2) is 66.7 Å². The quantitative estimate of drug-likeness (QED) is 0.577. The number of amides is 2. The molecule has 0 unspecified atom stereocenters. The predicted octanol–water partition coefficient (Wildman–Crippen LogP) is 4.69. The van der Waals surface area contributed by atoms with Crippen LogP contribution in [0.25, 0.3) is 0 Å². The van der Waals surface area contributed by atoms with E-state index in [0.717, 1.165) is 6.07 Å². The number of hydrogen-bond acceptors (Lipinski definition) is 3. The second kappa shape index (κ2) is 7.70. The Morgan fingerprint density at radius 3 is 2.41 bits per heavy atom.